The van der Waals surface area contributed by atoms with Crippen LogP contribution in [0.3, 0.4) is 0 Å². The molecule has 26 heavy (non-hydrogen) atoms. The third-order valence-electron chi connectivity index (χ3n) is 3.36. The molecule has 1 heterocycles. The van der Waals surface area contributed by atoms with E-state index in [2.05, 4.69) is 20.8 Å². The lowest BCUT2D eigenvalue weighted by Crippen LogP contribution is -2.22. The molecule has 0 aliphatic heterocycles. The Morgan fingerprint density at radius 2 is 1.81 bits per heavy atom. The third kappa shape index (κ3) is 6.25. The Kier molecular flexibility index (Phi) is 6.79. The molecule has 1 aromatic carbocycles. The molecule has 2 rings (SSSR count). The van der Waals surface area contributed by atoms with Gasteiger partial charge in [-0.25, -0.2) is 0 Å². The molecule has 0 atom stereocenters. The van der Waals surface area contributed by atoms with Gasteiger partial charge in [-0.05, 0) is 38.0 Å². The summed E-state index contributed by atoms with van der Waals surface area (Å²) in [5.41, 5.74) is 2.61. The van der Waals surface area contributed by atoms with Crippen LogP contribution in [0.1, 0.15) is 29.0 Å². The monoisotopic (exact) mass is 376 g/mol. The topological polar surface area (TPSA) is 110 Å². The maximum absolute atomic E-state index is 11.9. The highest BCUT2D eigenvalue weighted by molar-refractivity contribution is 7.15. The highest BCUT2D eigenvalue weighted by Crippen LogP contribution is 2.16. The Morgan fingerprint density at radius 3 is 2.50 bits per heavy atom. The Hall–Kier alpha value is -2.81. The van der Waals surface area contributed by atoms with Gasteiger partial charge in [-0.1, -0.05) is 23.5 Å². The summed E-state index contributed by atoms with van der Waals surface area (Å²) in [4.78, 5) is 35.3. The van der Waals surface area contributed by atoms with Crippen LogP contribution in [0.5, 0.6) is 0 Å². The van der Waals surface area contributed by atoms with Crippen LogP contribution < -0.4 is 10.6 Å². The van der Waals surface area contributed by atoms with Crippen molar-refractivity contribution in [2.75, 3.05) is 17.2 Å². The Balaban J connectivity index is 1.70. The molecule has 2 amide bonds. The standard InChI is InChI=1S/C17H20N4O4S/c1-10-4-5-11(2)13(8-10)18-15(23)9-25-16(24)7-6-14(22)19-17-21-20-12(3)26-17/h4-5,8H,6-7,9H2,1-3H3,(H,18,23)(H,19,21,22). The number of nitrogens with one attached hydrogen (secondary N) is 2. The minimum Gasteiger partial charge on any atom is -0.456 e. The van der Waals surface area contributed by atoms with Gasteiger partial charge >= 0.3 is 5.97 Å². The molecule has 0 saturated heterocycles. The van der Waals surface area contributed by atoms with Crippen molar-refractivity contribution in [3.63, 3.8) is 0 Å². The first-order valence-electron chi connectivity index (χ1n) is 7.96. The zero-order valence-electron chi connectivity index (χ0n) is 14.8. The van der Waals surface area contributed by atoms with E-state index >= 15 is 0 Å². The van der Waals surface area contributed by atoms with E-state index in [4.69, 9.17) is 4.74 Å². The van der Waals surface area contributed by atoms with Crippen LogP contribution in [-0.4, -0.2) is 34.6 Å². The second-order valence-corrected chi connectivity index (χ2v) is 6.88. The van der Waals surface area contributed by atoms with Gasteiger partial charge in [0.2, 0.25) is 11.0 Å². The number of ether oxygens (including phenoxy) is 1. The Labute approximate surface area is 155 Å². The van der Waals surface area contributed by atoms with Gasteiger partial charge in [0.05, 0.1) is 6.42 Å². The second-order valence-electron chi connectivity index (χ2n) is 5.70. The first-order valence-corrected chi connectivity index (χ1v) is 8.78. The SMILES string of the molecule is Cc1ccc(C)c(NC(=O)COC(=O)CCC(=O)Nc2nnc(C)s2)c1. The summed E-state index contributed by atoms with van der Waals surface area (Å²) in [6.45, 7) is 5.17. The lowest BCUT2D eigenvalue weighted by atomic mass is 10.1. The normalized spacial score (nSPS) is 10.3. The minimum absolute atomic E-state index is 0.0595. The van der Waals surface area contributed by atoms with E-state index in [9.17, 15) is 14.4 Å². The van der Waals surface area contributed by atoms with Gasteiger partial charge in [0.1, 0.15) is 5.01 Å². The van der Waals surface area contributed by atoms with Crippen LogP contribution in [0.4, 0.5) is 10.8 Å². The van der Waals surface area contributed by atoms with Crippen molar-refractivity contribution in [3.05, 3.63) is 34.3 Å². The zero-order valence-corrected chi connectivity index (χ0v) is 15.6. The van der Waals surface area contributed by atoms with Gasteiger partial charge in [-0.2, -0.15) is 0 Å². The summed E-state index contributed by atoms with van der Waals surface area (Å²) >= 11 is 1.24. The van der Waals surface area contributed by atoms with Crippen LogP contribution in [0, 0.1) is 20.8 Å². The van der Waals surface area contributed by atoms with E-state index in [0.29, 0.717) is 10.8 Å². The van der Waals surface area contributed by atoms with Crippen LogP contribution in [-0.2, 0) is 19.1 Å². The van der Waals surface area contributed by atoms with Gasteiger partial charge in [-0.15, -0.1) is 10.2 Å². The number of aryl methyl sites for hydroxylation is 3. The van der Waals surface area contributed by atoms with Gasteiger partial charge in [0.15, 0.2) is 6.61 Å². The number of hydrogen-bond donors (Lipinski definition) is 2. The van der Waals surface area contributed by atoms with Crippen LogP contribution in [0.15, 0.2) is 18.2 Å². The van der Waals surface area contributed by atoms with Crippen molar-refractivity contribution in [1.29, 1.82) is 0 Å². The molecule has 0 radical (unpaired) electrons. The first-order chi connectivity index (χ1) is 12.3. The predicted octanol–water partition coefficient (Wildman–Crippen LogP) is 2.36. The molecule has 2 aromatic rings. The van der Waals surface area contributed by atoms with Crippen molar-refractivity contribution in [3.8, 4) is 0 Å². The lowest BCUT2D eigenvalue weighted by Gasteiger charge is -2.09. The van der Waals surface area contributed by atoms with E-state index < -0.39 is 18.5 Å². The summed E-state index contributed by atoms with van der Waals surface area (Å²) in [7, 11) is 0. The van der Waals surface area contributed by atoms with Crippen molar-refractivity contribution in [2.24, 2.45) is 0 Å². The summed E-state index contributed by atoms with van der Waals surface area (Å²) in [5.74, 6) is -1.41. The molecule has 138 valence electrons. The van der Waals surface area contributed by atoms with Crippen LogP contribution >= 0.6 is 11.3 Å². The smallest absolute Gasteiger partial charge is 0.306 e. The van der Waals surface area contributed by atoms with Crippen LogP contribution in [0.25, 0.3) is 0 Å². The van der Waals surface area contributed by atoms with Crippen molar-refractivity contribution < 1.29 is 19.1 Å². The molecule has 0 bridgehead atoms. The summed E-state index contributed by atoms with van der Waals surface area (Å²) in [5, 5.41) is 13.9. The number of hydrogen-bond acceptors (Lipinski definition) is 7. The number of aromatic nitrogens is 2. The van der Waals surface area contributed by atoms with Gasteiger partial charge in [-0.3, -0.25) is 14.4 Å². The number of carbonyl (C=O) groups excluding carboxylic acids is 3. The molecule has 9 heteroatoms. The number of rotatable bonds is 7. The summed E-state index contributed by atoms with van der Waals surface area (Å²) < 4.78 is 4.89. The van der Waals surface area contributed by atoms with E-state index in [1.165, 1.54) is 11.3 Å². The summed E-state index contributed by atoms with van der Waals surface area (Å²) in [6.07, 6.45) is -0.184. The molecule has 1 aromatic heterocycles. The molecular formula is C17H20N4O4S. The van der Waals surface area contributed by atoms with Crippen molar-refractivity contribution in [1.82, 2.24) is 10.2 Å². The predicted molar refractivity (Wildman–Crippen MR) is 98.0 cm³/mol. The highest BCUT2D eigenvalue weighted by atomic mass is 32.1. The fourth-order valence-electron chi connectivity index (χ4n) is 2.02. The zero-order chi connectivity index (χ0) is 19.1. The number of esters is 1. The van der Waals surface area contributed by atoms with E-state index in [-0.39, 0.29) is 18.7 Å². The molecule has 0 aliphatic carbocycles. The number of benzene rings is 1. The number of carbonyl (C=O) groups is 3. The molecule has 8 nitrogen and oxygen atoms in total. The van der Waals surface area contributed by atoms with Crippen LogP contribution in [0.2, 0.25) is 0 Å². The summed E-state index contributed by atoms with van der Waals surface area (Å²) in [6, 6.07) is 5.68. The maximum Gasteiger partial charge on any atom is 0.306 e. The fraction of sp³-hybridized carbons (Fsp3) is 0.353. The molecule has 0 fully saturated rings. The third-order valence-corrected chi connectivity index (χ3v) is 4.11. The highest BCUT2D eigenvalue weighted by Gasteiger charge is 2.12. The van der Waals surface area contributed by atoms with Crippen molar-refractivity contribution in [2.45, 2.75) is 33.6 Å². The first kappa shape index (κ1) is 19.5. The molecule has 0 saturated carbocycles. The van der Waals surface area contributed by atoms with Gasteiger partial charge in [0.25, 0.3) is 5.91 Å². The maximum atomic E-state index is 11.9. The quantitative estimate of drug-likeness (QED) is 0.718. The molecule has 0 unspecified atom stereocenters. The van der Waals surface area contributed by atoms with E-state index in [1.807, 2.05) is 32.0 Å². The molecule has 0 spiro atoms. The minimum atomic E-state index is -0.621. The molecular weight excluding hydrogens is 356 g/mol. The Morgan fingerprint density at radius 1 is 1.04 bits per heavy atom. The average molecular weight is 376 g/mol. The fourth-order valence-corrected chi connectivity index (χ4v) is 2.63. The van der Waals surface area contributed by atoms with E-state index in [0.717, 1.165) is 16.1 Å². The van der Waals surface area contributed by atoms with E-state index in [1.54, 1.807) is 6.92 Å². The molecule has 2 N–H and O–H groups in total. The largest absolute Gasteiger partial charge is 0.456 e. The second kappa shape index (κ2) is 9.04. The van der Waals surface area contributed by atoms with Gasteiger partial charge < -0.3 is 15.4 Å². The lowest BCUT2D eigenvalue weighted by molar-refractivity contribution is -0.147. The van der Waals surface area contributed by atoms with Crippen molar-refractivity contribution >= 4 is 39.9 Å². The average Bonchev–Trinajstić information content (AvgIpc) is 2.99. The molecule has 0 aliphatic rings. The number of nitrogens with zero attached hydrogens (tertiary/aromatic N) is 2. The number of anilines is 2. The number of amides is 2. The Bertz CT molecular complexity index is 819. The van der Waals surface area contributed by atoms with Gasteiger partial charge in [0, 0.05) is 12.1 Å².